The molecule has 2 amide bonds. The van der Waals surface area contributed by atoms with Crippen molar-refractivity contribution < 1.29 is 23.5 Å². The van der Waals surface area contributed by atoms with Gasteiger partial charge in [0.05, 0.1) is 18.7 Å². The number of rotatable bonds is 7. The minimum Gasteiger partial charge on any atom is -0.494 e. The number of hydrazine groups is 1. The second kappa shape index (κ2) is 9.99. The Hall–Kier alpha value is -2.51. The summed E-state index contributed by atoms with van der Waals surface area (Å²) < 4.78 is 23.8. The van der Waals surface area contributed by atoms with Crippen LogP contribution in [0.2, 0.25) is 10.0 Å². The van der Waals surface area contributed by atoms with Crippen LogP contribution in [0.4, 0.5) is 4.39 Å². The number of hydrogen-bond acceptors (Lipinski definition) is 4. The predicted molar refractivity (Wildman–Crippen MR) is 99.8 cm³/mol. The lowest BCUT2D eigenvalue weighted by atomic mass is 10.2. The first-order valence-corrected chi connectivity index (χ1v) is 8.67. The van der Waals surface area contributed by atoms with Gasteiger partial charge >= 0.3 is 0 Å². The quantitative estimate of drug-likeness (QED) is 0.534. The normalized spacial score (nSPS) is 10.2. The van der Waals surface area contributed by atoms with Gasteiger partial charge < -0.3 is 9.47 Å². The van der Waals surface area contributed by atoms with E-state index in [1.165, 1.54) is 19.2 Å². The van der Waals surface area contributed by atoms with Gasteiger partial charge in [0.25, 0.3) is 5.91 Å². The molecular formula is C18H17Cl2FN2O4. The van der Waals surface area contributed by atoms with E-state index in [0.717, 1.165) is 6.07 Å². The lowest BCUT2D eigenvalue weighted by Gasteiger charge is -2.10. The van der Waals surface area contributed by atoms with E-state index in [1.807, 2.05) is 0 Å². The third kappa shape index (κ3) is 6.30. The Morgan fingerprint density at radius 2 is 1.81 bits per heavy atom. The van der Waals surface area contributed by atoms with Crippen molar-refractivity contribution in [3.63, 3.8) is 0 Å². The summed E-state index contributed by atoms with van der Waals surface area (Å²) in [5, 5.41) is 0.880. The molecule has 0 aliphatic heterocycles. The molecule has 9 heteroatoms. The van der Waals surface area contributed by atoms with Crippen molar-refractivity contribution in [1.82, 2.24) is 10.9 Å². The molecule has 0 aromatic heterocycles. The molecule has 0 radical (unpaired) electrons. The van der Waals surface area contributed by atoms with Crippen molar-refractivity contribution in [2.75, 3.05) is 13.7 Å². The molecule has 0 atom stereocenters. The average Bonchev–Trinajstić information content (AvgIpc) is 2.64. The molecule has 0 aliphatic carbocycles. The first kappa shape index (κ1) is 20.8. The highest BCUT2D eigenvalue weighted by Crippen LogP contribution is 2.27. The van der Waals surface area contributed by atoms with Gasteiger partial charge in [-0.15, -0.1) is 0 Å². The van der Waals surface area contributed by atoms with E-state index in [9.17, 15) is 14.0 Å². The standard InChI is InChI=1S/C18H17Cl2FN2O4/c1-26-16-6-4-11(9-14(16)21)18(25)23-22-17(24)3-2-8-27-15-7-5-12(19)10-13(15)20/h4-7,9-10H,2-3,8H2,1H3,(H,22,24)(H,23,25). The van der Waals surface area contributed by atoms with E-state index in [2.05, 4.69) is 10.9 Å². The average molecular weight is 415 g/mol. The number of amides is 2. The Balaban J connectivity index is 1.71. The van der Waals surface area contributed by atoms with Crippen LogP contribution >= 0.6 is 23.2 Å². The van der Waals surface area contributed by atoms with Crippen LogP contribution in [0.1, 0.15) is 23.2 Å². The molecule has 0 bridgehead atoms. The van der Waals surface area contributed by atoms with Crippen LogP contribution in [-0.2, 0) is 4.79 Å². The number of hydrogen-bond donors (Lipinski definition) is 2. The molecule has 2 N–H and O–H groups in total. The lowest BCUT2D eigenvalue weighted by Crippen LogP contribution is -2.41. The van der Waals surface area contributed by atoms with Gasteiger partial charge in [0.1, 0.15) is 5.75 Å². The van der Waals surface area contributed by atoms with Gasteiger partial charge in [0, 0.05) is 17.0 Å². The lowest BCUT2D eigenvalue weighted by molar-refractivity contribution is -0.122. The van der Waals surface area contributed by atoms with Crippen LogP contribution in [0.3, 0.4) is 0 Å². The second-order valence-corrected chi connectivity index (χ2v) is 6.22. The molecule has 144 valence electrons. The summed E-state index contributed by atoms with van der Waals surface area (Å²) >= 11 is 11.8. The van der Waals surface area contributed by atoms with E-state index in [-0.39, 0.29) is 24.3 Å². The molecule has 6 nitrogen and oxygen atoms in total. The molecule has 0 spiro atoms. The van der Waals surface area contributed by atoms with E-state index in [4.69, 9.17) is 32.7 Å². The monoisotopic (exact) mass is 414 g/mol. The van der Waals surface area contributed by atoms with Crippen molar-refractivity contribution in [1.29, 1.82) is 0 Å². The van der Waals surface area contributed by atoms with Crippen LogP contribution in [0, 0.1) is 5.82 Å². The highest BCUT2D eigenvalue weighted by molar-refractivity contribution is 6.35. The molecule has 2 aromatic rings. The van der Waals surface area contributed by atoms with E-state index in [1.54, 1.807) is 18.2 Å². The third-order valence-electron chi connectivity index (χ3n) is 3.43. The van der Waals surface area contributed by atoms with Crippen molar-refractivity contribution in [3.8, 4) is 11.5 Å². The van der Waals surface area contributed by atoms with Gasteiger partial charge in [0.15, 0.2) is 11.6 Å². The van der Waals surface area contributed by atoms with E-state index in [0.29, 0.717) is 22.2 Å². The third-order valence-corrected chi connectivity index (χ3v) is 3.96. The minimum absolute atomic E-state index is 0.0244. The Kier molecular flexibility index (Phi) is 7.69. The minimum atomic E-state index is -0.672. The Labute approximate surface area is 165 Å². The number of halogens is 3. The van der Waals surface area contributed by atoms with Gasteiger partial charge in [-0.05, 0) is 42.8 Å². The molecule has 0 aliphatic rings. The summed E-state index contributed by atoms with van der Waals surface area (Å²) in [6.07, 6.45) is 0.514. The molecule has 0 heterocycles. The number of carbonyl (C=O) groups is 2. The molecule has 2 rings (SSSR count). The zero-order valence-corrected chi connectivity index (χ0v) is 15.9. The summed E-state index contributed by atoms with van der Waals surface area (Å²) in [5.41, 5.74) is 4.52. The van der Waals surface area contributed by atoms with E-state index >= 15 is 0 Å². The maximum absolute atomic E-state index is 13.6. The van der Waals surface area contributed by atoms with Crippen molar-refractivity contribution >= 4 is 35.0 Å². The fourth-order valence-corrected chi connectivity index (χ4v) is 2.54. The first-order valence-electron chi connectivity index (χ1n) is 7.91. The topological polar surface area (TPSA) is 76.7 Å². The smallest absolute Gasteiger partial charge is 0.269 e. The van der Waals surface area contributed by atoms with Gasteiger partial charge in [-0.25, -0.2) is 4.39 Å². The second-order valence-electron chi connectivity index (χ2n) is 5.38. The maximum Gasteiger partial charge on any atom is 0.269 e. The van der Waals surface area contributed by atoms with Gasteiger partial charge in [-0.3, -0.25) is 20.4 Å². The van der Waals surface area contributed by atoms with Crippen molar-refractivity contribution in [2.24, 2.45) is 0 Å². The maximum atomic E-state index is 13.6. The van der Waals surface area contributed by atoms with Gasteiger partial charge in [-0.2, -0.15) is 0 Å². The fourth-order valence-electron chi connectivity index (χ4n) is 2.08. The fraction of sp³-hybridized carbons (Fsp3) is 0.222. The number of carbonyl (C=O) groups excluding carboxylic acids is 2. The van der Waals surface area contributed by atoms with Crippen LogP contribution in [-0.4, -0.2) is 25.5 Å². The van der Waals surface area contributed by atoms with Crippen LogP contribution in [0.25, 0.3) is 0 Å². The molecule has 0 saturated heterocycles. The zero-order valence-electron chi connectivity index (χ0n) is 14.4. The summed E-state index contributed by atoms with van der Waals surface area (Å²) in [7, 11) is 1.32. The molecule has 2 aromatic carbocycles. The van der Waals surface area contributed by atoms with Crippen LogP contribution in [0.5, 0.6) is 11.5 Å². The summed E-state index contributed by atoms with van der Waals surface area (Å²) in [6.45, 7) is 0.256. The highest BCUT2D eigenvalue weighted by atomic mass is 35.5. The first-order chi connectivity index (χ1) is 12.9. The molecular weight excluding hydrogens is 398 g/mol. The Morgan fingerprint density at radius 3 is 2.48 bits per heavy atom. The number of methoxy groups -OCH3 is 1. The SMILES string of the molecule is COc1ccc(C(=O)NNC(=O)CCCOc2ccc(Cl)cc2Cl)cc1F. The molecule has 0 saturated carbocycles. The highest BCUT2D eigenvalue weighted by Gasteiger charge is 2.11. The zero-order chi connectivity index (χ0) is 19.8. The Bertz CT molecular complexity index is 833. The van der Waals surface area contributed by atoms with Crippen LogP contribution in [0.15, 0.2) is 36.4 Å². The number of nitrogens with one attached hydrogen (secondary N) is 2. The largest absolute Gasteiger partial charge is 0.494 e. The molecule has 0 fully saturated rings. The predicted octanol–water partition coefficient (Wildman–Crippen LogP) is 3.76. The summed E-state index contributed by atoms with van der Waals surface area (Å²) in [4.78, 5) is 23.6. The molecule has 0 unspecified atom stereocenters. The summed E-state index contributed by atoms with van der Waals surface area (Å²) in [5.74, 6) is -1.24. The van der Waals surface area contributed by atoms with Crippen molar-refractivity contribution in [2.45, 2.75) is 12.8 Å². The van der Waals surface area contributed by atoms with Gasteiger partial charge in [0.2, 0.25) is 5.91 Å². The van der Waals surface area contributed by atoms with Gasteiger partial charge in [-0.1, -0.05) is 23.2 Å². The summed E-state index contributed by atoms with van der Waals surface area (Å²) in [6, 6.07) is 8.57. The number of ether oxygens (including phenoxy) is 2. The number of benzene rings is 2. The Morgan fingerprint density at radius 1 is 1.07 bits per heavy atom. The molecule has 27 heavy (non-hydrogen) atoms. The van der Waals surface area contributed by atoms with Crippen molar-refractivity contribution in [3.05, 3.63) is 57.8 Å². The van der Waals surface area contributed by atoms with E-state index < -0.39 is 17.6 Å². The van der Waals surface area contributed by atoms with Crippen LogP contribution < -0.4 is 20.3 Å².